The van der Waals surface area contributed by atoms with E-state index in [1.54, 1.807) is 29.4 Å². The molecule has 4 rings (SSSR count). The zero-order valence-corrected chi connectivity index (χ0v) is 16.2. The van der Waals surface area contributed by atoms with Crippen LogP contribution in [0.4, 0.5) is 4.79 Å². The highest BCUT2D eigenvalue weighted by molar-refractivity contribution is 5.92. The molecule has 3 aromatic rings. The van der Waals surface area contributed by atoms with Crippen LogP contribution in [0.25, 0.3) is 22.2 Å². The third-order valence-corrected chi connectivity index (χ3v) is 5.46. The molecule has 3 heterocycles. The quantitative estimate of drug-likeness (QED) is 0.697. The molecule has 7 nitrogen and oxygen atoms in total. The highest BCUT2D eigenvalue weighted by atomic mass is 16.4. The van der Waals surface area contributed by atoms with E-state index in [2.05, 4.69) is 25.8 Å². The van der Waals surface area contributed by atoms with Gasteiger partial charge in [-0.2, -0.15) is 5.10 Å². The second kappa shape index (κ2) is 6.51. The number of nitrogens with zero attached hydrogens (tertiary/aromatic N) is 4. The summed E-state index contributed by atoms with van der Waals surface area (Å²) in [5, 5.41) is 25.1. The van der Waals surface area contributed by atoms with Crippen LogP contribution in [0.15, 0.2) is 42.7 Å². The number of aromatic hydroxyl groups is 1. The van der Waals surface area contributed by atoms with Gasteiger partial charge in [-0.05, 0) is 42.2 Å². The summed E-state index contributed by atoms with van der Waals surface area (Å²) in [4.78, 5) is 17.6. The molecular weight excluding hydrogens is 356 g/mol. The Morgan fingerprint density at radius 1 is 1.18 bits per heavy atom. The number of rotatable bonds is 2. The lowest BCUT2D eigenvalue weighted by atomic mass is 9.82. The number of phenolic OH excluding ortho intramolecular Hbond substituents is 1. The Kier molecular flexibility index (Phi) is 4.25. The maximum Gasteiger partial charge on any atom is 0.407 e. The second-order valence-electron chi connectivity index (χ2n) is 8.38. The van der Waals surface area contributed by atoms with Gasteiger partial charge in [0.15, 0.2) is 0 Å². The summed E-state index contributed by atoms with van der Waals surface area (Å²) in [6.07, 6.45) is 3.34. The molecule has 2 N–H and O–H groups in total. The molecule has 0 bridgehead atoms. The van der Waals surface area contributed by atoms with Crippen molar-refractivity contribution in [3.8, 4) is 17.0 Å². The number of hydrogen-bond donors (Lipinski definition) is 2. The highest BCUT2D eigenvalue weighted by Gasteiger charge is 2.45. The zero-order valence-electron chi connectivity index (χ0n) is 16.2. The number of phenols is 1. The molecule has 0 spiro atoms. The summed E-state index contributed by atoms with van der Waals surface area (Å²) in [5.74, 6) is 0.200. The van der Waals surface area contributed by atoms with E-state index >= 15 is 0 Å². The van der Waals surface area contributed by atoms with E-state index in [9.17, 15) is 15.0 Å². The lowest BCUT2D eigenvalue weighted by molar-refractivity contribution is 0.0914. The van der Waals surface area contributed by atoms with E-state index in [4.69, 9.17) is 5.10 Å². The lowest BCUT2D eigenvalue weighted by Crippen LogP contribution is -2.46. The number of hydrogen-bond acceptors (Lipinski definition) is 4. The van der Waals surface area contributed by atoms with Crippen molar-refractivity contribution in [2.45, 2.75) is 39.3 Å². The van der Waals surface area contributed by atoms with Gasteiger partial charge in [-0.15, -0.1) is 0 Å². The number of likely N-dealkylation sites (tertiary alicyclic amines) is 1. The fourth-order valence-corrected chi connectivity index (χ4v) is 4.36. The molecule has 0 radical (unpaired) electrons. The van der Waals surface area contributed by atoms with Crippen LogP contribution in [0.1, 0.15) is 33.2 Å². The minimum absolute atomic E-state index is 0.0631. The first kappa shape index (κ1) is 18.3. The maximum absolute atomic E-state index is 11.8. The number of carboxylic acid groups (broad SMARTS) is 1. The Morgan fingerprint density at radius 2 is 1.89 bits per heavy atom. The summed E-state index contributed by atoms with van der Waals surface area (Å²) in [6, 6.07) is 8.60. The SMILES string of the molecule is CC(C)(C)C1C(n2nc(-c3ccc(O)cc3)c3cnccc32)CCN1C(=O)O. The lowest BCUT2D eigenvalue weighted by Gasteiger charge is -2.37. The van der Waals surface area contributed by atoms with Crippen LogP contribution in [-0.4, -0.2) is 48.6 Å². The van der Waals surface area contributed by atoms with Crippen molar-refractivity contribution in [3.05, 3.63) is 42.7 Å². The van der Waals surface area contributed by atoms with Crippen molar-refractivity contribution in [2.75, 3.05) is 6.54 Å². The van der Waals surface area contributed by atoms with Gasteiger partial charge in [-0.3, -0.25) is 9.67 Å². The summed E-state index contributed by atoms with van der Waals surface area (Å²) >= 11 is 0. The third kappa shape index (κ3) is 2.96. The molecule has 28 heavy (non-hydrogen) atoms. The first-order valence-corrected chi connectivity index (χ1v) is 9.38. The Labute approximate surface area is 163 Å². The predicted octanol–water partition coefficient (Wildman–Crippen LogP) is 4.14. The van der Waals surface area contributed by atoms with Crippen molar-refractivity contribution >= 4 is 17.0 Å². The largest absolute Gasteiger partial charge is 0.508 e. The Bertz CT molecular complexity index is 1020. The molecule has 1 aliphatic rings. The molecule has 0 aliphatic carbocycles. The Balaban J connectivity index is 1.87. The van der Waals surface area contributed by atoms with Gasteiger partial charge < -0.3 is 15.1 Å². The molecule has 1 aromatic carbocycles. The number of aromatic nitrogens is 3. The van der Waals surface area contributed by atoms with Crippen molar-refractivity contribution in [1.29, 1.82) is 0 Å². The van der Waals surface area contributed by atoms with Crippen molar-refractivity contribution in [2.24, 2.45) is 5.41 Å². The van der Waals surface area contributed by atoms with Gasteiger partial charge in [-0.1, -0.05) is 20.8 Å². The van der Waals surface area contributed by atoms with Crippen molar-refractivity contribution in [3.63, 3.8) is 0 Å². The number of amides is 1. The fraction of sp³-hybridized carbons (Fsp3) is 0.381. The van der Waals surface area contributed by atoms with Crippen LogP contribution in [0.2, 0.25) is 0 Å². The molecular formula is C21H24N4O3. The van der Waals surface area contributed by atoms with E-state index in [0.717, 1.165) is 22.2 Å². The van der Waals surface area contributed by atoms with Crippen LogP contribution in [-0.2, 0) is 0 Å². The molecule has 1 aliphatic heterocycles. The first-order valence-electron chi connectivity index (χ1n) is 9.38. The van der Waals surface area contributed by atoms with E-state index in [1.165, 1.54) is 0 Å². The predicted molar refractivity (Wildman–Crippen MR) is 106 cm³/mol. The number of benzene rings is 1. The molecule has 2 atom stereocenters. The number of carbonyl (C=O) groups is 1. The van der Waals surface area contributed by atoms with Crippen LogP contribution in [0.3, 0.4) is 0 Å². The average molecular weight is 380 g/mol. The zero-order chi connectivity index (χ0) is 20.1. The normalized spacial score (nSPS) is 20.0. The van der Waals surface area contributed by atoms with E-state index in [1.807, 2.05) is 22.9 Å². The standard InChI is InChI=1S/C21H24N4O3/c1-21(2,3)19-17(9-11-24(19)20(27)28)25-16-8-10-22-12-15(16)18(23-25)13-4-6-14(26)7-5-13/h4-8,10,12,17,19,26H,9,11H2,1-3H3,(H,27,28). The molecule has 1 saturated heterocycles. The fourth-order valence-electron chi connectivity index (χ4n) is 4.36. The summed E-state index contributed by atoms with van der Waals surface area (Å²) in [5.41, 5.74) is 2.37. The molecule has 7 heteroatoms. The van der Waals surface area contributed by atoms with Crippen LogP contribution in [0.5, 0.6) is 5.75 Å². The van der Waals surface area contributed by atoms with Gasteiger partial charge in [0, 0.05) is 29.9 Å². The number of fused-ring (bicyclic) bond motifs is 1. The third-order valence-electron chi connectivity index (χ3n) is 5.46. The molecule has 1 amide bonds. The monoisotopic (exact) mass is 380 g/mol. The highest BCUT2D eigenvalue weighted by Crippen LogP contribution is 2.42. The second-order valence-corrected chi connectivity index (χ2v) is 8.38. The Hall–Kier alpha value is -3.09. The van der Waals surface area contributed by atoms with Crippen LogP contribution in [0, 0.1) is 5.41 Å². The summed E-state index contributed by atoms with van der Waals surface area (Å²) < 4.78 is 1.97. The number of pyridine rings is 1. The Morgan fingerprint density at radius 3 is 2.54 bits per heavy atom. The van der Waals surface area contributed by atoms with Gasteiger partial charge in [0.2, 0.25) is 0 Å². The average Bonchev–Trinajstić information content (AvgIpc) is 3.24. The minimum Gasteiger partial charge on any atom is -0.508 e. The van der Waals surface area contributed by atoms with Crippen molar-refractivity contribution < 1.29 is 15.0 Å². The smallest absolute Gasteiger partial charge is 0.407 e. The molecule has 0 saturated carbocycles. The molecule has 1 fully saturated rings. The maximum atomic E-state index is 11.8. The topological polar surface area (TPSA) is 91.5 Å². The van der Waals surface area contributed by atoms with Crippen LogP contribution >= 0.6 is 0 Å². The van der Waals surface area contributed by atoms with Crippen LogP contribution < -0.4 is 0 Å². The van der Waals surface area contributed by atoms with Gasteiger partial charge in [0.1, 0.15) is 11.4 Å². The first-order chi connectivity index (χ1) is 13.3. The molecule has 146 valence electrons. The van der Waals surface area contributed by atoms with E-state index in [0.29, 0.717) is 13.0 Å². The van der Waals surface area contributed by atoms with E-state index < -0.39 is 6.09 Å². The minimum atomic E-state index is -0.890. The molecule has 2 unspecified atom stereocenters. The van der Waals surface area contributed by atoms with E-state index in [-0.39, 0.29) is 23.2 Å². The summed E-state index contributed by atoms with van der Waals surface area (Å²) in [7, 11) is 0. The van der Waals surface area contributed by atoms with Gasteiger partial charge >= 0.3 is 6.09 Å². The molecule has 2 aromatic heterocycles. The van der Waals surface area contributed by atoms with Gasteiger partial charge in [0.05, 0.1) is 17.6 Å². The van der Waals surface area contributed by atoms with Gasteiger partial charge in [0.25, 0.3) is 0 Å². The summed E-state index contributed by atoms with van der Waals surface area (Å²) in [6.45, 7) is 6.70. The van der Waals surface area contributed by atoms with Gasteiger partial charge in [-0.25, -0.2) is 4.79 Å². The van der Waals surface area contributed by atoms with Crippen molar-refractivity contribution in [1.82, 2.24) is 19.7 Å².